The number of allylic oxidation sites excluding steroid dienone is 4. The van der Waals surface area contributed by atoms with Gasteiger partial charge in [0.05, 0.1) is 0 Å². The summed E-state index contributed by atoms with van der Waals surface area (Å²) in [6.45, 7) is 2.29. The van der Waals surface area contributed by atoms with Crippen LogP contribution in [0.25, 0.3) is 0 Å². The third-order valence-electron chi connectivity index (χ3n) is 3.89. The Morgan fingerprint density at radius 3 is 2.79 bits per heavy atom. The van der Waals surface area contributed by atoms with Crippen LogP contribution in [0.4, 0.5) is 0 Å². The molecule has 1 saturated carbocycles. The predicted molar refractivity (Wildman–Crippen MR) is 62.1 cm³/mol. The second kappa shape index (κ2) is 4.82. The second-order valence-electron chi connectivity index (χ2n) is 4.84. The van der Waals surface area contributed by atoms with E-state index in [0.29, 0.717) is 0 Å². The Labute approximate surface area is 88.1 Å². The molecule has 0 radical (unpaired) electrons. The standard InChI is InChI=1S/C14H22/c1-2-3-4-7-12-10-11-13-8-5-6-9-14(12)13/h5-6,8-9,12-14H,2-4,7,10-11H2,1H3. The fraction of sp³-hybridized carbons (Fsp3) is 0.714. The van der Waals surface area contributed by atoms with Crippen molar-refractivity contribution >= 4 is 0 Å². The van der Waals surface area contributed by atoms with Crippen LogP contribution < -0.4 is 0 Å². The van der Waals surface area contributed by atoms with E-state index in [1.165, 1.54) is 38.5 Å². The second-order valence-corrected chi connectivity index (χ2v) is 4.84. The lowest BCUT2D eigenvalue weighted by atomic mass is 9.84. The molecular weight excluding hydrogens is 168 g/mol. The Balaban J connectivity index is 1.83. The Morgan fingerprint density at radius 2 is 1.93 bits per heavy atom. The van der Waals surface area contributed by atoms with Gasteiger partial charge < -0.3 is 0 Å². The highest BCUT2D eigenvalue weighted by molar-refractivity contribution is 5.17. The number of hydrogen-bond acceptors (Lipinski definition) is 0. The van der Waals surface area contributed by atoms with Gasteiger partial charge in [-0.1, -0.05) is 50.5 Å². The van der Waals surface area contributed by atoms with Crippen molar-refractivity contribution < 1.29 is 0 Å². The first-order valence-electron chi connectivity index (χ1n) is 6.27. The fourth-order valence-electron chi connectivity index (χ4n) is 3.06. The molecule has 3 unspecified atom stereocenters. The van der Waals surface area contributed by atoms with E-state index >= 15 is 0 Å². The fourth-order valence-corrected chi connectivity index (χ4v) is 3.06. The van der Waals surface area contributed by atoms with E-state index in [4.69, 9.17) is 0 Å². The summed E-state index contributed by atoms with van der Waals surface area (Å²) in [5.41, 5.74) is 0. The van der Waals surface area contributed by atoms with Crippen molar-refractivity contribution in [3.63, 3.8) is 0 Å². The molecule has 0 aromatic heterocycles. The lowest BCUT2D eigenvalue weighted by molar-refractivity contribution is 0.379. The van der Waals surface area contributed by atoms with Gasteiger partial charge in [-0.2, -0.15) is 0 Å². The van der Waals surface area contributed by atoms with E-state index in [9.17, 15) is 0 Å². The van der Waals surface area contributed by atoms with Gasteiger partial charge >= 0.3 is 0 Å². The van der Waals surface area contributed by atoms with Gasteiger partial charge in [-0.3, -0.25) is 0 Å². The average Bonchev–Trinajstić information content (AvgIpc) is 2.63. The van der Waals surface area contributed by atoms with Crippen LogP contribution >= 0.6 is 0 Å². The normalized spacial score (nSPS) is 34.8. The van der Waals surface area contributed by atoms with Crippen molar-refractivity contribution in [1.82, 2.24) is 0 Å². The van der Waals surface area contributed by atoms with E-state index < -0.39 is 0 Å². The van der Waals surface area contributed by atoms with Crippen LogP contribution in [0.15, 0.2) is 24.3 Å². The predicted octanol–water partition coefficient (Wildman–Crippen LogP) is 4.34. The molecule has 0 N–H and O–H groups in total. The molecule has 78 valence electrons. The molecule has 0 amide bonds. The Hall–Kier alpha value is -0.520. The SMILES string of the molecule is CCCCCC1CCC2C=CC=CC21. The zero-order valence-corrected chi connectivity index (χ0v) is 9.28. The first kappa shape index (κ1) is 10.0. The van der Waals surface area contributed by atoms with Crippen molar-refractivity contribution in [2.45, 2.75) is 45.4 Å². The molecule has 0 aromatic carbocycles. The van der Waals surface area contributed by atoms with Crippen molar-refractivity contribution in [2.75, 3.05) is 0 Å². The zero-order valence-electron chi connectivity index (χ0n) is 9.28. The lowest BCUT2D eigenvalue weighted by Crippen LogP contribution is -2.12. The maximum Gasteiger partial charge on any atom is -0.0139 e. The monoisotopic (exact) mass is 190 g/mol. The molecule has 2 aliphatic rings. The summed E-state index contributed by atoms with van der Waals surface area (Å²) in [6.07, 6.45) is 17.9. The van der Waals surface area contributed by atoms with Crippen molar-refractivity contribution in [3.8, 4) is 0 Å². The van der Waals surface area contributed by atoms with Crippen LogP contribution in [0.5, 0.6) is 0 Å². The van der Waals surface area contributed by atoms with E-state index in [-0.39, 0.29) is 0 Å². The Morgan fingerprint density at radius 1 is 1.07 bits per heavy atom. The third-order valence-corrected chi connectivity index (χ3v) is 3.89. The molecule has 0 aromatic rings. The first-order valence-corrected chi connectivity index (χ1v) is 6.27. The van der Waals surface area contributed by atoms with Crippen molar-refractivity contribution in [1.29, 1.82) is 0 Å². The van der Waals surface area contributed by atoms with Gasteiger partial charge in [0, 0.05) is 0 Å². The largest absolute Gasteiger partial charge is 0.0808 e. The van der Waals surface area contributed by atoms with Crippen LogP contribution in [0.2, 0.25) is 0 Å². The summed E-state index contributed by atoms with van der Waals surface area (Å²) in [7, 11) is 0. The van der Waals surface area contributed by atoms with Crippen molar-refractivity contribution in [2.24, 2.45) is 17.8 Å². The summed E-state index contributed by atoms with van der Waals surface area (Å²) in [4.78, 5) is 0. The number of hydrogen-bond donors (Lipinski definition) is 0. The molecule has 1 fully saturated rings. The molecule has 0 heteroatoms. The molecule has 0 aliphatic heterocycles. The third kappa shape index (κ3) is 2.10. The minimum Gasteiger partial charge on any atom is -0.0808 e. The summed E-state index contributed by atoms with van der Waals surface area (Å²) in [5, 5.41) is 0. The van der Waals surface area contributed by atoms with Gasteiger partial charge in [0.15, 0.2) is 0 Å². The molecular formula is C14H22. The van der Waals surface area contributed by atoms with E-state index in [1.807, 2.05) is 0 Å². The summed E-state index contributed by atoms with van der Waals surface area (Å²) < 4.78 is 0. The van der Waals surface area contributed by atoms with Crippen LogP contribution in [0, 0.1) is 17.8 Å². The van der Waals surface area contributed by atoms with Crippen LogP contribution in [0.1, 0.15) is 45.4 Å². The maximum absolute atomic E-state index is 2.45. The van der Waals surface area contributed by atoms with Crippen LogP contribution in [-0.4, -0.2) is 0 Å². The van der Waals surface area contributed by atoms with E-state index in [2.05, 4.69) is 31.2 Å². The molecule has 0 heterocycles. The molecule has 2 rings (SSSR count). The van der Waals surface area contributed by atoms with Crippen LogP contribution in [-0.2, 0) is 0 Å². The topological polar surface area (TPSA) is 0 Å². The molecule has 0 saturated heterocycles. The quantitative estimate of drug-likeness (QED) is 0.579. The summed E-state index contributed by atoms with van der Waals surface area (Å²) in [6, 6.07) is 0. The smallest absolute Gasteiger partial charge is 0.0139 e. The highest BCUT2D eigenvalue weighted by Crippen LogP contribution is 2.42. The minimum atomic E-state index is 0.881. The zero-order chi connectivity index (χ0) is 9.80. The molecule has 2 aliphatic carbocycles. The van der Waals surface area contributed by atoms with E-state index in [0.717, 1.165) is 17.8 Å². The molecule has 14 heavy (non-hydrogen) atoms. The number of unbranched alkanes of at least 4 members (excludes halogenated alkanes) is 2. The molecule has 0 nitrogen and oxygen atoms in total. The molecule has 0 spiro atoms. The Kier molecular flexibility index (Phi) is 3.44. The highest BCUT2D eigenvalue weighted by atomic mass is 14.4. The van der Waals surface area contributed by atoms with Crippen molar-refractivity contribution in [3.05, 3.63) is 24.3 Å². The number of rotatable bonds is 4. The van der Waals surface area contributed by atoms with Crippen LogP contribution in [0.3, 0.4) is 0 Å². The van der Waals surface area contributed by atoms with Gasteiger partial charge in [0.2, 0.25) is 0 Å². The molecule has 3 atom stereocenters. The van der Waals surface area contributed by atoms with Gasteiger partial charge in [-0.15, -0.1) is 0 Å². The highest BCUT2D eigenvalue weighted by Gasteiger charge is 2.32. The number of fused-ring (bicyclic) bond motifs is 1. The maximum atomic E-state index is 2.45. The molecule has 0 bridgehead atoms. The summed E-state index contributed by atoms with van der Waals surface area (Å²) >= 11 is 0. The van der Waals surface area contributed by atoms with Gasteiger partial charge in [0.25, 0.3) is 0 Å². The lowest BCUT2D eigenvalue weighted by Gasteiger charge is -2.21. The van der Waals surface area contributed by atoms with Gasteiger partial charge in [0.1, 0.15) is 0 Å². The average molecular weight is 190 g/mol. The Bertz CT molecular complexity index is 224. The van der Waals surface area contributed by atoms with Gasteiger partial charge in [-0.05, 0) is 37.0 Å². The van der Waals surface area contributed by atoms with Gasteiger partial charge in [-0.25, -0.2) is 0 Å². The minimum absolute atomic E-state index is 0.881. The van der Waals surface area contributed by atoms with E-state index in [1.54, 1.807) is 0 Å². The first-order chi connectivity index (χ1) is 6.92. The summed E-state index contributed by atoms with van der Waals surface area (Å²) in [5.74, 6) is 2.76.